The number of rotatable bonds is 8. The zero-order valence-electron chi connectivity index (χ0n) is 12.6. The van der Waals surface area contributed by atoms with Gasteiger partial charge in [0.25, 0.3) is 11.4 Å². The molecule has 2 aromatic carbocycles. The van der Waals surface area contributed by atoms with Crippen LogP contribution in [0.4, 0.5) is 11.4 Å². The van der Waals surface area contributed by atoms with Gasteiger partial charge in [-0.15, -0.1) is 0 Å². The van der Waals surface area contributed by atoms with Gasteiger partial charge in [0.1, 0.15) is 0 Å². The summed E-state index contributed by atoms with van der Waals surface area (Å²) in [4.78, 5) is 20.0. The second-order valence-corrected chi connectivity index (χ2v) is 7.44. The normalized spacial score (nSPS) is 11.2. The third kappa shape index (κ3) is 5.91. The lowest BCUT2D eigenvalue weighted by Gasteiger charge is -2.12. The number of hydrogen-bond acceptors (Lipinski definition) is 7. The number of nitrogens with zero attached hydrogens (tertiary/aromatic N) is 2. The first-order chi connectivity index (χ1) is 11.8. The van der Waals surface area contributed by atoms with Crippen LogP contribution in [0.5, 0.6) is 0 Å². The van der Waals surface area contributed by atoms with Crippen molar-refractivity contribution in [2.24, 2.45) is 0 Å². The maximum absolute atomic E-state index is 12.0. The minimum absolute atomic E-state index is 0.0766. The lowest BCUT2D eigenvalue weighted by atomic mass is 10.2. The lowest BCUT2D eigenvalue weighted by molar-refractivity contribution is -0.385. The summed E-state index contributed by atoms with van der Waals surface area (Å²) in [6.07, 6.45) is 0. The van der Waals surface area contributed by atoms with Crippen LogP contribution in [0, 0.1) is 20.2 Å². The van der Waals surface area contributed by atoms with Crippen LogP contribution >= 0.6 is 18.2 Å². The van der Waals surface area contributed by atoms with E-state index >= 15 is 0 Å². The summed E-state index contributed by atoms with van der Waals surface area (Å²) in [7, 11) is 0. The number of non-ortho nitro benzene ring substituents is 2. The van der Waals surface area contributed by atoms with Gasteiger partial charge in [0.2, 0.25) is 0 Å². The molecule has 0 aliphatic carbocycles. The Kier molecular flexibility index (Phi) is 6.22. The largest absolute Gasteiger partial charge is 0.424 e. The van der Waals surface area contributed by atoms with Crippen molar-refractivity contribution in [1.29, 1.82) is 0 Å². The summed E-state index contributed by atoms with van der Waals surface area (Å²) < 4.78 is 22.1. The van der Waals surface area contributed by atoms with Crippen molar-refractivity contribution < 1.29 is 23.5 Å². The van der Waals surface area contributed by atoms with Crippen molar-refractivity contribution in [2.45, 2.75) is 13.2 Å². The van der Waals surface area contributed by atoms with Crippen molar-refractivity contribution in [3.05, 3.63) is 79.9 Å². The van der Waals surface area contributed by atoms with E-state index in [1.807, 2.05) is 0 Å². The van der Waals surface area contributed by atoms with E-state index in [2.05, 4.69) is 0 Å². The van der Waals surface area contributed by atoms with E-state index in [4.69, 9.17) is 20.3 Å². The predicted octanol–water partition coefficient (Wildman–Crippen LogP) is 4.58. The van der Waals surface area contributed by atoms with Crippen LogP contribution in [0.2, 0.25) is 0 Å². The van der Waals surface area contributed by atoms with Gasteiger partial charge >= 0.3 is 6.95 Å². The number of benzene rings is 2. The van der Waals surface area contributed by atoms with E-state index in [0.717, 1.165) is 0 Å². The van der Waals surface area contributed by atoms with Gasteiger partial charge < -0.3 is 0 Å². The minimum atomic E-state index is -3.88. The average Bonchev–Trinajstić information content (AvgIpc) is 2.59. The van der Waals surface area contributed by atoms with Crippen LogP contribution < -0.4 is 0 Å². The molecule has 0 radical (unpaired) electrons. The molecule has 0 atom stereocenters. The molecule has 0 saturated carbocycles. The Morgan fingerprint density at radius 3 is 1.40 bits per heavy atom. The molecule has 0 unspecified atom stereocenters. The van der Waals surface area contributed by atoms with Crippen molar-refractivity contribution in [3.8, 4) is 0 Å². The molecule has 2 aromatic rings. The Bertz CT molecular complexity index is 745. The van der Waals surface area contributed by atoms with Gasteiger partial charge in [-0.25, -0.2) is 4.57 Å². The maximum atomic E-state index is 12.0. The molecule has 0 bridgehead atoms. The fourth-order valence-corrected chi connectivity index (χ4v) is 2.74. The van der Waals surface area contributed by atoms with E-state index in [1.165, 1.54) is 48.5 Å². The van der Waals surface area contributed by atoms with Crippen LogP contribution in [0.3, 0.4) is 0 Å². The molecule has 132 valence electrons. The summed E-state index contributed by atoms with van der Waals surface area (Å²) >= 11 is 5.69. The smallest absolute Gasteiger partial charge is 0.292 e. The van der Waals surface area contributed by atoms with Crippen LogP contribution in [0.15, 0.2) is 48.5 Å². The standard InChI is InChI=1S/C14H12ClN2O7P/c15-25(22,23-9-11-1-5-13(6-2-11)16(18)19)24-10-12-3-7-14(8-4-12)17(20)21/h1-8H,9-10H2. The van der Waals surface area contributed by atoms with E-state index in [9.17, 15) is 24.8 Å². The highest BCUT2D eigenvalue weighted by Gasteiger charge is 2.21. The van der Waals surface area contributed by atoms with Crippen molar-refractivity contribution in [3.63, 3.8) is 0 Å². The number of halogens is 1. The van der Waals surface area contributed by atoms with Crippen molar-refractivity contribution in [1.82, 2.24) is 0 Å². The summed E-state index contributed by atoms with van der Waals surface area (Å²) in [5.74, 6) is 0. The highest BCUT2D eigenvalue weighted by atomic mass is 35.7. The van der Waals surface area contributed by atoms with Crippen molar-refractivity contribution in [2.75, 3.05) is 0 Å². The third-order valence-corrected chi connectivity index (χ3v) is 4.53. The van der Waals surface area contributed by atoms with Crippen molar-refractivity contribution >= 4 is 29.6 Å². The number of nitro benzene ring substituents is 2. The first-order valence-electron chi connectivity index (χ1n) is 6.82. The maximum Gasteiger partial charge on any atom is 0.424 e. The van der Waals surface area contributed by atoms with E-state index in [0.29, 0.717) is 11.1 Å². The molecule has 0 heterocycles. The highest BCUT2D eigenvalue weighted by Crippen LogP contribution is 2.54. The Labute approximate surface area is 146 Å². The van der Waals surface area contributed by atoms with Gasteiger partial charge in [0.15, 0.2) is 0 Å². The van der Waals surface area contributed by atoms with Crippen LogP contribution in [-0.2, 0) is 26.8 Å². The summed E-state index contributed by atoms with van der Waals surface area (Å²) in [5, 5.41) is 21.1. The molecule has 0 N–H and O–H groups in total. The Hall–Kier alpha value is -2.32. The average molecular weight is 387 g/mol. The first-order valence-corrected chi connectivity index (χ1v) is 9.27. The molecule has 0 aliphatic rings. The fraction of sp³-hybridized carbons (Fsp3) is 0.143. The van der Waals surface area contributed by atoms with E-state index in [1.54, 1.807) is 0 Å². The predicted molar refractivity (Wildman–Crippen MR) is 89.2 cm³/mol. The van der Waals surface area contributed by atoms with E-state index < -0.39 is 16.8 Å². The zero-order chi connectivity index (χ0) is 18.4. The Morgan fingerprint density at radius 2 is 1.12 bits per heavy atom. The second kappa shape index (κ2) is 8.17. The number of nitro groups is 2. The molecular weight excluding hydrogens is 375 g/mol. The fourth-order valence-electron chi connectivity index (χ4n) is 1.77. The third-order valence-electron chi connectivity index (χ3n) is 3.07. The number of hydrogen-bond donors (Lipinski definition) is 0. The molecule has 0 amide bonds. The van der Waals surface area contributed by atoms with Gasteiger partial charge in [-0.3, -0.25) is 29.3 Å². The van der Waals surface area contributed by atoms with Gasteiger partial charge in [-0.05, 0) is 35.4 Å². The molecule has 0 spiro atoms. The molecule has 2 rings (SSSR count). The van der Waals surface area contributed by atoms with Gasteiger partial charge in [0, 0.05) is 35.5 Å². The zero-order valence-corrected chi connectivity index (χ0v) is 14.3. The lowest BCUT2D eigenvalue weighted by Crippen LogP contribution is -1.95. The summed E-state index contributed by atoms with van der Waals surface area (Å²) in [5.41, 5.74) is 0.912. The van der Waals surface area contributed by atoms with E-state index in [-0.39, 0.29) is 24.6 Å². The Morgan fingerprint density at radius 1 is 0.800 bits per heavy atom. The molecule has 0 aliphatic heterocycles. The molecular formula is C14H12ClN2O7P. The molecule has 9 nitrogen and oxygen atoms in total. The summed E-state index contributed by atoms with van der Waals surface area (Å²) in [6, 6.07) is 10.9. The quantitative estimate of drug-likeness (QED) is 0.369. The van der Waals surface area contributed by atoms with Crippen LogP contribution in [-0.4, -0.2) is 9.85 Å². The van der Waals surface area contributed by atoms with Gasteiger partial charge in [0.05, 0.1) is 23.1 Å². The summed E-state index contributed by atoms with van der Waals surface area (Å²) in [6.45, 7) is -4.19. The van der Waals surface area contributed by atoms with Gasteiger partial charge in [-0.2, -0.15) is 0 Å². The monoisotopic (exact) mass is 386 g/mol. The SMILES string of the molecule is O=[N+]([O-])c1ccc(COP(=O)(Cl)OCc2ccc([N+](=O)[O-])cc2)cc1. The molecule has 0 saturated heterocycles. The molecule has 11 heteroatoms. The molecule has 25 heavy (non-hydrogen) atoms. The van der Waals surface area contributed by atoms with Crippen LogP contribution in [0.1, 0.15) is 11.1 Å². The topological polar surface area (TPSA) is 122 Å². The molecule has 0 aromatic heterocycles. The van der Waals surface area contributed by atoms with Crippen LogP contribution in [0.25, 0.3) is 0 Å². The minimum Gasteiger partial charge on any atom is -0.292 e. The first kappa shape index (κ1) is 19.0. The van der Waals surface area contributed by atoms with Gasteiger partial charge in [-0.1, -0.05) is 0 Å². The second-order valence-electron chi connectivity index (χ2n) is 4.82. The molecule has 0 fully saturated rings. The highest BCUT2D eigenvalue weighted by molar-refractivity contribution is 7.81. The Balaban J connectivity index is 1.87.